The van der Waals surface area contributed by atoms with Crippen LogP contribution in [0.5, 0.6) is 0 Å². The lowest BCUT2D eigenvalue weighted by Gasteiger charge is -2.36. The zero-order valence-electron chi connectivity index (χ0n) is 11.6. The lowest BCUT2D eigenvalue weighted by molar-refractivity contribution is 0.142. The molecule has 2 atom stereocenters. The highest BCUT2D eigenvalue weighted by Crippen LogP contribution is 2.22. The molecule has 0 aromatic heterocycles. The quantitative estimate of drug-likeness (QED) is 0.749. The molecule has 96 valence electrons. The fourth-order valence-electron chi connectivity index (χ4n) is 2.51. The second kappa shape index (κ2) is 7.29. The maximum absolute atomic E-state index is 3.61. The van der Waals surface area contributed by atoms with Crippen LogP contribution in [0.4, 0.5) is 0 Å². The first-order chi connectivity index (χ1) is 7.65. The van der Waals surface area contributed by atoms with Crippen LogP contribution < -0.4 is 5.32 Å². The molecular weight excluding hydrogens is 196 g/mol. The number of likely N-dealkylation sites (N-methyl/N-ethyl adjacent to an activating group) is 1. The van der Waals surface area contributed by atoms with Crippen LogP contribution in [0.3, 0.4) is 0 Å². The Bertz CT molecular complexity index is 176. The SMILES string of the molecule is CCC(C)NCC(C)N(C)C1CCCCC1. The summed E-state index contributed by atoms with van der Waals surface area (Å²) in [5, 5.41) is 3.61. The molecule has 2 heteroatoms. The summed E-state index contributed by atoms with van der Waals surface area (Å²) >= 11 is 0. The van der Waals surface area contributed by atoms with Gasteiger partial charge in [0, 0.05) is 24.7 Å². The van der Waals surface area contributed by atoms with Gasteiger partial charge in [-0.1, -0.05) is 26.2 Å². The van der Waals surface area contributed by atoms with Gasteiger partial charge in [0.15, 0.2) is 0 Å². The summed E-state index contributed by atoms with van der Waals surface area (Å²) in [5.41, 5.74) is 0. The van der Waals surface area contributed by atoms with Crippen LogP contribution in [0.2, 0.25) is 0 Å². The van der Waals surface area contributed by atoms with E-state index in [9.17, 15) is 0 Å². The molecule has 1 aliphatic rings. The maximum Gasteiger partial charge on any atom is 0.0192 e. The monoisotopic (exact) mass is 226 g/mol. The van der Waals surface area contributed by atoms with Crippen LogP contribution in [0.15, 0.2) is 0 Å². The average molecular weight is 226 g/mol. The van der Waals surface area contributed by atoms with E-state index in [0.29, 0.717) is 12.1 Å². The van der Waals surface area contributed by atoms with Crippen molar-refractivity contribution in [3.63, 3.8) is 0 Å². The maximum atomic E-state index is 3.61. The van der Waals surface area contributed by atoms with Crippen molar-refractivity contribution in [1.82, 2.24) is 10.2 Å². The van der Waals surface area contributed by atoms with Gasteiger partial charge in [-0.2, -0.15) is 0 Å². The number of nitrogens with one attached hydrogen (secondary N) is 1. The molecule has 1 rings (SSSR count). The summed E-state index contributed by atoms with van der Waals surface area (Å²) in [6.45, 7) is 7.99. The van der Waals surface area contributed by atoms with Crippen molar-refractivity contribution in [3.8, 4) is 0 Å². The molecule has 1 saturated carbocycles. The molecule has 0 amide bonds. The lowest BCUT2D eigenvalue weighted by atomic mass is 9.93. The van der Waals surface area contributed by atoms with E-state index in [2.05, 4.69) is 38.0 Å². The van der Waals surface area contributed by atoms with E-state index < -0.39 is 0 Å². The summed E-state index contributed by atoms with van der Waals surface area (Å²) in [6, 6.07) is 2.15. The number of rotatable bonds is 6. The van der Waals surface area contributed by atoms with E-state index >= 15 is 0 Å². The molecule has 0 spiro atoms. The Morgan fingerprint density at radius 2 is 1.81 bits per heavy atom. The Labute approximate surface area is 102 Å². The molecule has 1 aliphatic carbocycles. The summed E-state index contributed by atoms with van der Waals surface area (Å²) < 4.78 is 0. The van der Waals surface area contributed by atoms with Gasteiger partial charge in [0.25, 0.3) is 0 Å². The van der Waals surface area contributed by atoms with Crippen molar-refractivity contribution in [1.29, 1.82) is 0 Å². The second-order valence-corrected chi connectivity index (χ2v) is 5.52. The first kappa shape index (κ1) is 14.0. The van der Waals surface area contributed by atoms with Crippen LogP contribution in [0, 0.1) is 0 Å². The molecule has 2 unspecified atom stereocenters. The first-order valence-corrected chi connectivity index (χ1v) is 7.10. The minimum Gasteiger partial charge on any atom is -0.313 e. The predicted molar refractivity (Wildman–Crippen MR) is 71.9 cm³/mol. The van der Waals surface area contributed by atoms with E-state index in [1.54, 1.807) is 0 Å². The Balaban J connectivity index is 2.25. The molecule has 2 nitrogen and oxygen atoms in total. The molecule has 0 aliphatic heterocycles. The number of hydrogen-bond donors (Lipinski definition) is 1. The fraction of sp³-hybridized carbons (Fsp3) is 1.00. The van der Waals surface area contributed by atoms with Gasteiger partial charge in [-0.3, -0.25) is 4.90 Å². The molecule has 0 bridgehead atoms. The largest absolute Gasteiger partial charge is 0.313 e. The smallest absolute Gasteiger partial charge is 0.0192 e. The Kier molecular flexibility index (Phi) is 6.37. The fourth-order valence-corrected chi connectivity index (χ4v) is 2.51. The van der Waals surface area contributed by atoms with Crippen LogP contribution in [-0.4, -0.2) is 36.6 Å². The van der Waals surface area contributed by atoms with Crippen molar-refractivity contribution in [2.75, 3.05) is 13.6 Å². The van der Waals surface area contributed by atoms with Gasteiger partial charge in [0.05, 0.1) is 0 Å². The first-order valence-electron chi connectivity index (χ1n) is 7.10. The van der Waals surface area contributed by atoms with Gasteiger partial charge in [-0.15, -0.1) is 0 Å². The molecule has 16 heavy (non-hydrogen) atoms. The second-order valence-electron chi connectivity index (χ2n) is 5.52. The third-order valence-electron chi connectivity index (χ3n) is 4.22. The van der Waals surface area contributed by atoms with Crippen LogP contribution in [0.1, 0.15) is 59.3 Å². The van der Waals surface area contributed by atoms with Crippen molar-refractivity contribution in [2.24, 2.45) is 0 Å². The minimum absolute atomic E-state index is 0.655. The molecule has 0 heterocycles. The van der Waals surface area contributed by atoms with Crippen LogP contribution >= 0.6 is 0 Å². The lowest BCUT2D eigenvalue weighted by Crippen LogP contribution is -2.46. The van der Waals surface area contributed by atoms with Crippen molar-refractivity contribution < 1.29 is 0 Å². The summed E-state index contributed by atoms with van der Waals surface area (Å²) in [4.78, 5) is 2.59. The van der Waals surface area contributed by atoms with Gasteiger partial charge >= 0.3 is 0 Å². The van der Waals surface area contributed by atoms with Gasteiger partial charge in [-0.25, -0.2) is 0 Å². The van der Waals surface area contributed by atoms with Gasteiger partial charge in [0.2, 0.25) is 0 Å². The molecule has 0 radical (unpaired) electrons. The topological polar surface area (TPSA) is 15.3 Å². The van der Waals surface area contributed by atoms with Crippen molar-refractivity contribution >= 4 is 0 Å². The molecular formula is C14H30N2. The third kappa shape index (κ3) is 4.42. The van der Waals surface area contributed by atoms with E-state index in [0.717, 1.165) is 12.6 Å². The van der Waals surface area contributed by atoms with Crippen LogP contribution in [0.25, 0.3) is 0 Å². The number of nitrogens with zero attached hydrogens (tertiary/aromatic N) is 1. The summed E-state index contributed by atoms with van der Waals surface area (Å²) in [7, 11) is 2.30. The number of hydrogen-bond acceptors (Lipinski definition) is 2. The highest BCUT2D eigenvalue weighted by atomic mass is 15.2. The van der Waals surface area contributed by atoms with Crippen molar-refractivity contribution in [3.05, 3.63) is 0 Å². The highest BCUT2D eigenvalue weighted by Gasteiger charge is 2.21. The van der Waals surface area contributed by atoms with Gasteiger partial charge in [0.1, 0.15) is 0 Å². The third-order valence-corrected chi connectivity index (χ3v) is 4.22. The Morgan fingerprint density at radius 1 is 1.19 bits per heavy atom. The predicted octanol–water partition coefficient (Wildman–Crippen LogP) is 3.03. The normalized spacial score (nSPS) is 22.3. The summed E-state index contributed by atoms with van der Waals surface area (Å²) in [5.74, 6) is 0. The molecule has 0 aromatic rings. The van der Waals surface area contributed by atoms with Gasteiger partial charge < -0.3 is 5.32 Å². The molecule has 0 saturated heterocycles. The Hall–Kier alpha value is -0.0800. The van der Waals surface area contributed by atoms with E-state index in [1.165, 1.54) is 38.5 Å². The summed E-state index contributed by atoms with van der Waals surface area (Å²) in [6.07, 6.45) is 8.35. The molecule has 0 aromatic carbocycles. The molecule has 1 N–H and O–H groups in total. The van der Waals surface area contributed by atoms with E-state index in [-0.39, 0.29) is 0 Å². The average Bonchev–Trinajstić information content (AvgIpc) is 2.35. The van der Waals surface area contributed by atoms with E-state index in [4.69, 9.17) is 0 Å². The Morgan fingerprint density at radius 3 is 2.38 bits per heavy atom. The van der Waals surface area contributed by atoms with Crippen LogP contribution in [-0.2, 0) is 0 Å². The standard InChI is InChI=1S/C14H30N2/c1-5-12(2)15-11-13(3)16(4)14-9-7-6-8-10-14/h12-15H,5-11H2,1-4H3. The van der Waals surface area contributed by atoms with E-state index in [1.807, 2.05) is 0 Å². The highest BCUT2D eigenvalue weighted by molar-refractivity contribution is 4.78. The minimum atomic E-state index is 0.655. The van der Waals surface area contributed by atoms with Crippen molar-refractivity contribution in [2.45, 2.75) is 77.4 Å². The van der Waals surface area contributed by atoms with Gasteiger partial charge in [-0.05, 0) is 40.2 Å². The zero-order valence-corrected chi connectivity index (χ0v) is 11.6. The molecule has 1 fully saturated rings. The zero-order chi connectivity index (χ0) is 12.0.